The van der Waals surface area contributed by atoms with Gasteiger partial charge < -0.3 is 15.4 Å². The number of alkyl halides is 3. The number of nitro benzene ring substituents is 1. The molecule has 4 rings (SSSR count). The molecule has 1 saturated heterocycles. The van der Waals surface area contributed by atoms with Crippen LogP contribution in [0.5, 0.6) is 11.5 Å². The lowest BCUT2D eigenvalue weighted by atomic mass is 10.1. The number of imide groups is 1. The van der Waals surface area contributed by atoms with Gasteiger partial charge in [-0.3, -0.25) is 19.7 Å². The number of aryl methyl sites for hydroxylation is 1. The Morgan fingerprint density at radius 3 is 2.46 bits per heavy atom. The Labute approximate surface area is 218 Å². The first-order valence-electron chi connectivity index (χ1n) is 11.3. The van der Waals surface area contributed by atoms with E-state index in [-0.39, 0.29) is 11.4 Å². The number of nitro groups is 1. The van der Waals surface area contributed by atoms with Gasteiger partial charge in [0.2, 0.25) is 11.7 Å². The van der Waals surface area contributed by atoms with Gasteiger partial charge >= 0.3 is 17.9 Å². The summed E-state index contributed by atoms with van der Waals surface area (Å²) in [6.07, 6.45) is -3.41. The van der Waals surface area contributed by atoms with Crippen LogP contribution in [0.3, 0.4) is 0 Å². The van der Waals surface area contributed by atoms with Crippen LogP contribution in [0.15, 0.2) is 72.4 Å². The second-order valence-electron chi connectivity index (χ2n) is 8.41. The molecule has 0 unspecified atom stereocenters. The first-order chi connectivity index (χ1) is 18.4. The molecule has 0 saturated carbocycles. The molecule has 13 heteroatoms. The van der Waals surface area contributed by atoms with E-state index in [4.69, 9.17) is 4.74 Å². The number of rotatable bonds is 7. The minimum absolute atomic E-state index is 0.0799. The average Bonchev–Trinajstić information content (AvgIpc) is 3.11. The zero-order valence-electron chi connectivity index (χ0n) is 20.1. The number of carbonyl (C=O) groups excluding carboxylic acids is 3. The number of anilines is 1. The molecular formula is C26H19F3N4O6. The lowest BCUT2D eigenvalue weighted by molar-refractivity contribution is -0.385. The Bertz CT molecular complexity index is 1500. The predicted octanol–water partition coefficient (Wildman–Crippen LogP) is 5.25. The lowest BCUT2D eigenvalue weighted by Gasteiger charge is -2.12. The van der Waals surface area contributed by atoms with Gasteiger partial charge in [0.05, 0.1) is 10.5 Å². The first-order valence-corrected chi connectivity index (χ1v) is 11.3. The van der Waals surface area contributed by atoms with Gasteiger partial charge in [-0.15, -0.1) is 0 Å². The molecule has 39 heavy (non-hydrogen) atoms. The van der Waals surface area contributed by atoms with E-state index in [9.17, 15) is 37.7 Å². The smallest absolute Gasteiger partial charge is 0.416 e. The monoisotopic (exact) mass is 540 g/mol. The normalized spacial score (nSPS) is 14.4. The molecule has 4 amide bonds. The summed E-state index contributed by atoms with van der Waals surface area (Å²) in [6.45, 7) is 1.34. The highest BCUT2D eigenvalue weighted by atomic mass is 19.4. The number of halogens is 3. The third-order valence-corrected chi connectivity index (χ3v) is 5.47. The molecule has 0 atom stereocenters. The number of benzene rings is 3. The molecule has 10 nitrogen and oxygen atoms in total. The summed E-state index contributed by atoms with van der Waals surface area (Å²) in [4.78, 5) is 48.3. The molecule has 0 aromatic heterocycles. The third-order valence-electron chi connectivity index (χ3n) is 5.47. The number of nitrogens with one attached hydrogen (secondary N) is 2. The van der Waals surface area contributed by atoms with Crippen LogP contribution < -0.4 is 15.4 Å². The van der Waals surface area contributed by atoms with Crippen LogP contribution in [0.1, 0.15) is 16.7 Å². The fraction of sp³-hybridized carbons (Fsp3) is 0.115. The number of hydrogen-bond acceptors (Lipinski definition) is 6. The van der Waals surface area contributed by atoms with E-state index in [1.54, 1.807) is 18.2 Å². The second-order valence-corrected chi connectivity index (χ2v) is 8.41. The zero-order valence-corrected chi connectivity index (χ0v) is 20.1. The van der Waals surface area contributed by atoms with Gasteiger partial charge in [0, 0.05) is 11.8 Å². The summed E-state index contributed by atoms with van der Waals surface area (Å²) in [5.41, 5.74) is -0.265. The molecule has 200 valence electrons. The summed E-state index contributed by atoms with van der Waals surface area (Å²) in [7, 11) is 0. The lowest BCUT2D eigenvalue weighted by Crippen LogP contribution is -2.38. The van der Waals surface area contributed by atoms with Crippen LogP contribution in [0.4, 0.5) is 29.3 Å². The highest BCUT2D eigenvalue weighted by Crippen LogP contribution is 2.37. The molecule has 3 aromatic rings. The van der Waals surface area contributed by atoms with E-state index in [0.717, 1.165) is 16.5 Å². The first kappa shape index (κ1) is 26.9. The maximum absolute atomic E-state index is 12.9. The van der Waals surface area contributed by atoms with Crippen LogP contribution in [-0.4, -0.2) is 34.2 Å². The van der Waals surface area contributed by atoms with Crippen LogP contribution >= 0.6 is 0 Å². The van der Waals surface area contributed by atoms with Gasteiger partial charge in [-0.1, -0.05) is 24.3 Å². The Morgan fingerprint density at radius 1 is 1.10 bits per heavy atom. The highest BCUT2D eigenvalue weighted by Gasteiger charge is 2.35. The van der Waals surface area contributed by atoms with Crippen molar-refractivity contribution in [2.45, 2.75) is 13.1 Å². The molecule has 1 aliphatic heterocycles. The van der Waals surface area contributed by atoms with Crippen molar-refractivity contribution in [3.63, 3.8) is 0 Å². The van der Waals surface area contributed by atoms with E-state index in [0.29, 0.717) is 23.4 Å². The number of hydrogen-bond donors (Lipinski definition) is 2. The number of nitrogens with zero attached hydrogens (tertiary/aromatic N) is 2. The molecule has 2 N–H and O–H groups in total. The standard InChI is InChI=1S/C26H19F3N4O6/c1-15-3-2-4-18(11-15)30-23(34)14-32-24(35)20(31-25(32)36)12-16-5-8-19(9-6-16)39-22-10-7-17(26(27,28)29)13-21(22)33(37)38/h2-13H,14H2,1H3,(H,30,34)(H,31,36)/b20-12+. The summed E-state index contributed by atoms with van der Waals surface area (Å²) < 4.78 is 44.1. The SMILES string of the molecule is Cc1cccc(NC(=O)CN2C(=O)N/C(=C/c3ccc(Oc4ccc(C(F)(F)F)cc4[N+](=O)[O-])cc3)C2=O)c1. The van der Waals surface area contributed by atoms with Crippen molar-refractivity contribution < 1.29 is 37.2 Å². The van der Waals surface area contributed by atoms with Crippen LogP contribution in [0.25, 0.3) is 6.08 Å². The Kier molecular flexibility index (Phi) is 7.33. The summed E-state index contributed by atoms with van der Waals surface area (Å²) >= 11 is 0. The maximum atomic E-state index is 12.9. The molecule has 0 spiro atoms. The Morgan fingerprint density at radius 2 is 1.82 bits per heavy atom. The molecule has 0 aliphatic carbocycles. The summed E-state index contributed by atoms with van der Waals surface area (Å²) in [5.74, 6) is -1.60. The molecule has 1 aliphatic rings. The van der Waals surface area contributed by atoms with Gasteiger partial charge in [0.15, 0.2) is 0 Å². The molecular weight excluding hydrogens is 521 g/mol. The van der Waals surface area contributed by atoms with Crippen molar-refractivity contribution >= 4 is 35.3 Å². The highest BCUT2D eigenvalue weighted by molar-refractivity contribution is 6.15. The van der Waals surface area contributed by atoms with Crippen LogP contribution in [0, 0.1) is 17.0 Å². The number of carbonyl (C=O) groups is 3. The van der Waals surface area contributed by atoms with E-state index >= 15 is 0 Å². The van der Waals surface area contributed by atoms with Crippen molar-refractivity contribution in [3.05, 3.63) is 99.2 Å². The molecule has 0 radical (unpaired) electrons. The van der Waals surface area contributed by atoms with Crippen molar-refractivity contribution in [1.82, 2.24) is 10.2 Å². The quantitative estimate of drug-likeness (QED) is 0.182. The zero-order chi connectivity index (χ0) is 28.3. The number of ether oxygens (including phenoxy) is 1. The van der Waals surface area contributed by atoms with Gasteiger partial charge in [-0.05, 0) is 60.5 Å². The van der Waals surface area contributed by atoms with Crippen molar-refractivity contribution in [3.8, 4) is 11.5 Å². The summed E-state index contributed by atoms with van der Waals surface area (Å²) in [5, 5.41) is 16.3. The number of urea groups is 1. The van der Waals surface area contributed by atoms with Crippen molar-refractivity contribution in [1.29, 1.82) is 0 Å². The van der Waals surface area contributed by atoms with Gasteiger partial charge in [-0.25, -0.2) is 9.69 Å². The minimum atomic E-state index is -4.76. The number of amides is 4. The molecule has 1 fully saturated rings. The third kappa shape index (κ3) is 6.39. The summed E-state index contributed by atoms with van der Waals surface area (Å²) in [6, 6.07) is 13.8. The van der Waals surface area contributed by atoms with Crippen molar-refractivity contribution in [2.75, 3.05) is 11.9 Å². The van der Waals surface area contributed by atoms with E-state index in [1.807, 2.05) is 13.0 Å². The maximum Gasteiger partial charge on any atom is 0.416 e. The largest absolute Gasteiger partial charge is 0.450 e. The molecule has 0 bridgehead atoms. The molecule has 3 aromatic carbocycles. The van der Waals surface area contributed by atoms with Crippen LogP contribution in [-0.2, 0) is 15.8 Å². The fourth-order valence-electron chi connectivity index (χ4n) is 3.63. The van der Waals surface area contributed by atoms with Crippen molar-refractivity contribution in [2.24, 2.45) is 0 Å². The predicted molar refractivity (Wildman–Crippen MR) is 133 cm³/mol. The Balaban J connectivity index is 1.44. The van der Waals surface area contributed by atoms with Gasteiger partial charge in [0.25, 0.3) is 5.91 Å². The van der Waals surface area contributed by atoms with Crippen LogP contribution in [0.2, 0.25) is 0 Å². The van der Waals surface area contributed by atoms with E-state index < -0.39 is 52.5 Å². The van der Waals surface area contributed by atoms with Gasteiger partial charge in [-0.2, -0.15) is 13.2 Å². The molecule has 1 heterocycles. The van der Waals surface area contributed by atoms with E-state index in [2.05, 4.69) is 10.6 Å². The fourth-order valence-corrected chi connectivity index (χ4v) is 3.63. The average molecular weight is 540 g/mol. The van der Waals surface area contributed by atoms with E-state index in [1.165, 1.54) is 30.3 Å². The Hall–Kier alpha value is -5.20. The van der Waals surface area contributed by atoms with Gasteiger partial charge in [0.1, 0.15) is 18.0 Å². The minimum Gasteiger partial charge on any atom is -0.450 e. The topological polar surface area (TPSA) is 131 Å². The second kappa shape index (κ2) is 10.7.